The molecule has 2 aliphatic heterocycles. The smallest absolute Gasteiger partial charge is 0.295 e. The van der Waals surface area contributed by atoms with Gasteiger partial charge in [0, 0.05) is 49.3 Å². The number of nitrogens with one attached hydrogen (secondary N) is 1. The summed E-state index contributed by atoms with van der Waals surface area (Å²) in [4.78, 5) is 37.5. The highest BCUT2D eigenvalue weighted by atomic mass is 16.5. The number of hydrogen-bond acceptors (Lipinski definition) is 6. The summed E-state index contributed by atoms with van der Waals surface area (Å²) in [5.41, 5.74) is 3.75. The Balaban J connectivity index is 1.76. The number of H-pyrrole nitrogens is 1. The first-order valence-electron chi connectivity index (χ1n) is 10.6. The van der Waals surface area contributed by atoms with E-state index in [-0.39, 0.29) is 11.3 Å². The van der Waals surface area contributed by atoms with Gasteiger partial charge in [0.1, 0.15) is 11.8 Å². The maximum atomic E-state index is 13.1. The van der Waals surface area contributed by atoms with E-state index in [1.165, 1.54) is 4.90 Å². The lowest BCUT2D eigenvalue weighted by Gasteiger charge is -2.30. The molecule has 164 valence electrons. The Morgan fingerprint density at radius 1 is 1.16 bits per heavy atom. The largest absolute Gasteiger partial charge is 0.507 e. The molecule has 2 fully saturated rings. The van der Waals surface area contributed by atoms with Crippen LogP contribution in [0.4, 0.5) is 0 Å². The molecule has 8 nitrogen and oxygen atoms in total. The molecule has 2 aliphatic rings. The van der Waals surface area contributed by atoms with E-state index in [1.54, 1.807) is 18.3 Å². The maximum absolute atomic E-state index is 13.1. The summed E-state index contributed by atoms with van der Waals surface area (Å²) in [5.74, 6) is -1.43. The molecule has 0 aromatic carbocycles. The molecule has 0 aliphatic carbocycles. The number of ether oxygens (including phenoxy) is 1. The van der Waals surface area contributed by atoms with Gasteiger partial charge in [-0.2, -0.15) is 0 Å². The van der Waals surface area contributed by atoms with E-state index in [0.29, 0.717) is 37.6 Å². The van der Waals surface area contributed by atoms with Crippen molar-refractivity contribution in [3.63, 3.8) is 0 Å². The van der Waals surface area contributed by atoms with Gasteiger partial charge in [-0.15, -0.1) is 0 Å². The van der Waals surface area contributed by atoms with Gasteiger partial charge < -0.3 is 19.7 Å². The van der Waals surface area contributed by atoms with Crippen LogP contribution in [0.5, 0.6) is 0 Å². The summed E-state index contributed by atoms with van der Waals surface area (Å²) in [6.45, 7) is 9.54. The third-order valence-electron chi connectivity index (χ3n) is 6.19. The van der Waals surface area contributed by atoms with Gasteiger partial charge in [-0.25, -0.2) is 0 Å². The first-order valence-corrected chi connectivity index (χ1v) is 10.6. The zero-order chi connectivity index (χ0) is 22.1. The molecule has 0 saturated carbocycles. The van der Waals surface area contributed by atoms with E-state index in [2.05, 4.69) is 14.9 Å². The van der Waals surface area contributed by atoms with Crippen molar-refractivity contribution in [2.45, 2.75) is 26.8 Å². The molecule has 1 unspecified atom stereocenters. The van der Waals surface area contributed by atoms with Crippen LogP contribution in [0.2, 0.25) is 0 Å². The fraction of sp³-hybridized carbons (Fsp3) is 0.435. The number of carbonyl (C=O) groups is 2. The Labute approximate surface area is 181 Å². The number of Topliss-reactive ketones (excluding diaryl/α,β-unsaturated/α-hetero) is 1. The highest BCUT2D eigenvalue weighted by Gasteiger charge is 2.47. The second kappa shape index (κ2) is 8.64. The number of rotatable bonds is 5. The highest BCUT2D eigenvalue weighted by molar-refractivity contribution is 6.46. The zero-order valence-electron chi connectivity index (χ0n) is 18.1. The molecule has 0 radical (unpaired) electrons. The monoisotopic (exact) mass is 424 g/mol. The standard InChI is InChI=1S/C23H28N4O4/c1-14-15(2)25-16(3)18(14)21(28)19-20(17-6-4-5-7-24-17)27(23(30)22(19)29)9-8-26-10-12-31-13-11-26/h4-7,20,25,28H,8-13H2,1-3H3/b21-19+. The number of hydrogen-bond donors (Lipinski definition) is 2. The molecule has 4 rings (SSSR count). The van der Waals surface area contributed by atoms with Crippen LogP contribution in [0, 0.1) is 20.8 Å². The molecule has 31 heavy (non-hydrogen) atoms. The predicted molar refractivity (Wildman–Crippen MR) is 116 cm³/mol. The lowest BCUT2D eigenvalue weighted by Crippen LogP contribution is -2.42. The predicted octanol–water partition coefficient (Wildman–Crippen LogP) is 2.09. The molecular formula is C23H28N4O4. The van der Waals surface area contributed by atoms with Crippen LogP contribution >= 0.6 is 0 Å². The number of ketones is 1. The minimum absolute atomic E-state index is 0.0934. The number of carbonyl (C=O) groups excluding carboxylic acids is 2. The minimum Gasteiger partial charge on any atom is -0.507 e. The maximum Gasteiger partial charge on any atom is 0.295 e. The molecule has 8 heteroatoms. The summed E-state index contributed by atoms with van der Waals surface area (Å²) in [6, 6.07) is 4.67. The topological polar surface area (TPSA) is 98.8 Å². The molecule has 1 amide bonds. The minimum atomic E-state index is -0.726. The number of pyridine rings is 1. The molecule has 0 bridgehead atoms. The van der Waals surface area contributed by atoms with Crippen LogP contribution in [-0.2, 0) is 14.3 Å². The third kappa shape index (κ3) is 3.88. The van der Waals surface area contributed by atoms with Crippen LogP contribution < -0.4 is 0 Å². The van der Waals surface area contributed by atoms with E-state index in [4.69, 9.17) is 4.74 Å². The summed E-state index contributed by atoms with van der Waals surface area (Å²) in [6.07, 6.45) is 1.63. The van der Waals surface area contributed by atoms with Crippen LogP contribution in [0.3, 0.4) is 0 Å². The van der Waals surface area contributed by atoms with Gasteiger partial charge in [0.05, 0.1) is 24.5 Å². The van der Waals surface area contributed by atoms with E-state index in [1.807, 2.05) is 26.8 Å². The van der Waals surface area contributed by atoms with Gasteiger partial charge in [0.15, 0.2) is 0 Å². The number of nitrogens with zero attached hydrogens (tertiary/aromatic N) is 3. The van der Waals surface area contributed by atoms with Crippen molar-refractivity contribution in [2.75, 3.05) is 39.4 Å². The number of aromatic nitrogens is 2. The number of aliphatic hydroxyl groups is 1. The third-order valence-corrected chi connectivity index (χ3v) is 6.19. The number of aromatic amines is 1. The van der Waals surface area contributed by atoms with E-state index < -0.39 is 17.7 Å². The second-order valence-electron chi connectivity index (χ2n) is 8.08. The lowest BCUT2D eigenvalue weighted by atomic mass is 9.96. The first-order chi connectivity index (χ1) is 14.9. The molecule has 2 saturated heterocycles. The van der Waals surface area contributed by atoms with Gasteiger partial charge in [0.25, 0.3) is 11.7 Å². The molecule has 1 atom stereocenters. The number of likely N-dealkylation sites (tertiary alicyclic amines) is 1. The molecule has 2 N–H and O–H groups in total. The van der Waals surface area contributed by atoms with Gasteiger partial charge in [-0.05, 0) is 38.5 Å². The van der Waals surface area contributed by atoms with E-state index in [0.717, 1.165) is 30.0 Å². The molecule has 2 aromatic rings. The summed E-state index contributed by atoms with van der Waals surface area (Å²) < 4.78 is 5.39. The van der Waals surface area contributed by atoms with E-state index >= 15 is 0 Å². The molecule has 4 heterocycles. The van der Waals surface area contributed by atoms with Gasteiger partial charge in [0.2, 0.25) is 0 Å². The summed E-state index contributed by atoms with van der Waals surface area (Å²) >= 11 is 0. The van der Waals surface area contributed by atoms with Crippen LogP contribution in [-0.4, -0.2) is 76.0 Å². The van der Waals surface area contributed by atoms with Gasteiger partial charge in [-0.3, -0.25) is 19.5 Å². The lowest BCUT2D eigenvalue weighted by molar-refractivity contribution is -0.140. The number of morpholine rings is 1. The van der Waals surface area contributed by atoms with Gasteiger partial charge in [-0.1, -0.05) is 6.07 Å². The quantitative estimate of drug-likeness (QED) is 0.433. The van der Waals surface area contributed by atoms with Crippen LogP contribution in [0.1, 0.15) is 34.3 Å². The van der Waals surface area contributed by atoms with Crippen molar-refractivity contribution in [3.8, 4) is 0 Å². The Morgan fingerprint density at radius 3 is 2.52 bits per heavy atom. The average molecular weight is 425 g/mol. The number of aryl methyl sites for hydroxylation is 2. The average Bonchev–Trinajstić information content (AvgIpc) is 3.18. The number of amides is 1. The fourth-order valence-electron chi connectivity index (χ4n) is 4.43. The van der Waals surface area contributed by atoms with Crippen molar-refractivity contribution in [2.24, 2.45) is 0 Å². The molecular weight excluding hydrogens is 396 g/mol. The Kier molecular flexibility index (Phi) is 5.93. The summed E-state index contributed by atoms with van der Waals surface area (Å²) in [5, 5.41) is 11.3. The van der Waals surface area contributed by atoms with Crippen molar-refractivity contribution >= 4 is 17.4 Å². The van der Waals surface area contributed by atoms with Crippen LogP contribution in [0.25, 0.3) is 5.76 Å². The van der Waals surface area contributed by atoms with E-state index in [9.17, 15) is 14.7 Å². The Bertz CT molecular complexity index is 1020. The highest BCUT2D eigenvalue weighted by Crippen LogP contribution is 2.39. The number of aliphatic hydroxyl groups excluding tert-OH is 1. The second-order valence-corrected chi connectivity index (χ2v) is 8.08. The molecule has 0 spiro atoms. The van der Waals surface area contributed by atoms with Crippen molar-refractivity contribution in [3.05, 3.63) is 58.2 Å². The van der Waals surface area contributed by atoms with Crippen molar-refractivity contribution in [1.82, 2.24) is 19.8 Å². The normalized spacial score (nSPS) is 21.8. The summed E-state index contributed by atoms with van der Waals surface area (Å²) in [7, 11) is 0. The van der Waals surface area contributed by atoms with Gasteiger partial charge >= 0.3 is 0 Å². The Morgan fingerprint density at radius 2 is 1.90 bits per heavy atom. The van der Waals surface area contributed by atoms with Crippen molar-refractivity contribution in [1.29, 1.82) is 0 Å². The van der Waals surface area contributed by atoms with Crippen LogP contribution in [0.15, 0.2) is 30.0 Å². The zero-order valence-corrected chi connectivity index (χ0v) is 18.1. The first kappa shape index (κ1) is 21.3. The van der Waals surface area contributed by atoms with Crippen molar-refractivity contribution < 1.29 is 19.4 Å². The Hall–Kier alpha value is -2.97. The fourth-order valence-corrected chi connectivity index (χ4v) is 4.43. The molecule has 2 aromatic heterocycles. The SMILES string of the molecule is Cc1[nH]c(C)c(/C(O)=C2\C(=O)C(=O)N(CCN3CCOCC3)C2c2ccccn2)c1C.